The fourth-order valence-corrected chi connectivity index (χ4v) is 5.44. The van der Waals surface area contributed by atoms with Gasteiger partial charge in [-0.05, 0) is 30.2 Å². The van der Waals surface area contributed by atoms with E-state index in [0.717, 1.165) is 5.41 Å². The van der Waals surface area contributed by atoms with Crippen molar-refractivity contribution >= 4 is 51.4 Å². The van der Waals surface area contributed by atoms with Crippen LogP contribution in [0.25, 0.3) is 6.08 Å². The number of anilines is 1. The number of carbonyl (C=O) groups excluding carboxylic acids is 5. The van der Waals surface area contributed by atoms with Gasteiger partial charge in [0.15, 0.2) is 9.84 Å². The van der Waals surface area contributed by atoms with Crippen LogP contribution in [0.2, 0.25) is 0 Å². The molecule has 0 radical (unpaired) electrons. The molecule has 0 aromatic heterocycles. The van der Waals surface area contributed by atoms with Gasteiger partial charge in [0, 0.05) is 43.2 Å². The predicted molar refractivity (Wildman–Crippen MR) is 170 cm³/mol. The molecule has 2 aromatic rings. The molecule has 1 aliphatic rings. The Bertz CT molecular complexity index is 1620. The number of nitrogens with zero attached hydrogens (tertiary/aromatic N) is 1. The molecule has 3 rings (SSSR count). The summed E-state index contributed by atoms with van der Waals surface area (Å²) in [6.07, 6.45) is 0.317. The van der Waals surface area contributed by atoms with Gasteiger partial charge in [-0.15, -0.1) is 5.06 Å². The van der Waals surface area contributed by atoms with E-state index in [9.17, 15) is 32.4 Å². The Morgan fingerprint density at radius 1 is 0.875 bits per heavy atom. The van der Waals surface area contributed by atoms with Gasteiger partial charge in [-0.1, -0.05) is 6.07 Å². The van der Waals surface area contributed by atoms with Gasteiger partial charge in [0.05, 0.1) is 52.0 Å². The van der Waals surface area contributed by atoms with Crippen LogP contribution in [0.1, 0.15) is 43.2 Å². The third-order valence-electron chi connectivity index (χ3n) is 6.70. The van der Waals surface area contributed by atoms with E-state index in [1.165, 1.54) is 52.7 Å². The van der Waals surface area contributed by atoms with Gasteiger partial charge < -0.3 is 33.8 Å². The first-order chi connectivity index (χ1) is 22.9. The fourth-order valence-electron chi connectivity index (χ4n) is 4.36. The molecule has 0 aliphatic carbocycles. The minimum atomic E-state index is -3.81. The SMILES string of the molecule is COc1cc(OC)c(/C=C/S(=O)(=O)Cc2ccc(OC)c(NC(=O)OCCNC(=O)CCCC(=O)ON3C(=O)CCC3=O)c2)c(OC)c1. The minimum Gasteiger partial charge on any atom is -0.496 e. The van der Waals surface area contributed by atoms with E-state index in [0.29, 0.717) is 33.4 Å². The molecule has 2 aromatic carbocycles. The quantitative estimate of drug-likeness (QED) is 0.181. The molecule has 0 unspecified atom stereocenters. The topological polar surface area (TPSA) is 202 Å². The number of hydroxylamine groups is 2. The highest BCUT2D eigenvalue weighted by Crippen LogP contribution is 2.35. The zero-order chi connectivity index (χ0) is 35.3. The van der Waals surface area contributed by atoms with E-state index in [1.54, 1.807) is 12.1 Å². The van der Waals surface area contributed by atoms with Gasteiger partial charge in [-0.3, -0.25) is 19.7 Å². The summed E-state index contributed by atoms with van der Waals surface area (Å²) in [5.41, 5.74) is 0.903. The van der Waals surface area contributed by atoms with Crippen LogP contribution in [0.3, 0.4) is 0 Å². The Morgan fingerprint density at radius 3 is 2.12 bits per heavy atom. The molecule has 0 saturated carbocycles. The van der Waals surface area contributed by atoms with E-state index in [2.05, 4.69) is 10.6 Å². The Balaban J connectivity index is 1.48. The summed E-state index contributed by atoms with van der Waals surface area (Å²) in [5.74, 6) is -1.41. The molecule has 4 amide bonds. The molecule has 1 fully saturated rings. The summed E-state index contributed by atoms with van der Waals surface area (Å²) in [6, 6.07) is 7.66. The summed E-state index contributed by atoms with van der Waals surface area (Å²) in [7, 11) is 1.91. The number of imide groups is 1. The lowest BCUT2D eigenvalue weighted by Gasteiger charge is -2.13. The minimum absolute atomic E-state index is 0.0173. The van der Waals surface area contributed by atoms with Crippen LogP contribution in [-0.4, -0.2) is 84.9 Å². The number of benzene rings is 2. The Kier molecular flexibility index (Phi) is 13.6. The van der Waals surface area contributed by atoms with Crippen molar-refractivity contribution in [3.8, 4) is 23.0 Å². The van der Waals surface area contributed by atoms with Crippen molar-refractivity contribution in [3.05, 3.63) is 46.9 Å². The maximum atomic E-state index is 13.0. The summed E-state index contributed by atoms with van der Waals surface area (Å²) >= 11 is 0. The first-order valence-corrected chi connectivity index (χ1v) is 16.3. The Morgan fingerprint density at radius 2 is 1.52 bits per heavy atom. The van der Waals surface area contributed by atoms with Gasteiger partial charge in [-0.25, -0.2) is 18.0 Å². The number of carbonyl (C=O) groups is 5. The predicted octanol–water partition coefficient (Wildman–Crippen LogP) is 2.75. The first kappa shape index (κ1) is 37.1. The molecule has 0 bridgehead atoms. The maximum absolute atomic E-state index is 13.0. The molecular weight excluding hydrogens is 654 g/mol. The average Bonchev–Trinajstić information content (AvgIpc) is 3.37. The molecule has 17 heteroatoms. The van der Waals surface area contributed by atoms with E-state index in [-0.39, 0.29) is 56.7 Å². The molecule has 48 heavy (non-hydrogen) atoms. The number of hydrogen-bond acceptors (Lipinski definition) is 13. The molecule has 1 heterocycles. The van der Waals surface area contributed by atoms with Crippen molar-refractivity contribution in [2.45, 2.75) is 37.9 Å². The lowest BCUT2D eigenvalue weighted by molar-refractivity contribution is -0.197. The summed E-state index contributed by atoms with van der Waals surface area (Å²) < 4.78 is 52.3. The van der Waals surface area contributed by atoms with E-state index in [1.807, 2.05) is 0 Å². The van der Waals surface area contributed by atoms with Crippen molar-refractivity contribution in [1.29, 1.82) is 0 Å². The highest BCUT2D eigenvalue weighted by molar-refractivity contribution is 7.93. The molecule has 1 aliphatic heterocycles. The van der Waals surface area contributed by atoms with Gasteiger partial charge in [0.25, 0.3) is 11.8 Å². The van der Waals surface area contributed by atoms with Crippen molar-refractivity contribution in [1.82, 2.24) is 10.4 Å². The molecule has 0 spiro atoms. The van der Waals surface area contributed by atoms with Crippen LogP contribution >= 0.6 is 0 Å². The monoisotopic (exact) mass is 691 g/mol. The number of hydrogen-bond donors (Lipinski definition) is 2. The lowest BCUT2D eigenvalue weighted by atomic mass is 10.1. The number of sulfone groups is 1. The fraction of sp³-hybridized carbons (Fsp3) is 0.387. The van der Waals surface area contributed by atoms with E-state index < -0.39 is 45.4 Å². The number of nitrogens with one attached hydrogen (secondary N) is 2. The molecule has 260 valence electrons. The number of amides is 4. The van der Waals surface area contributed by atoms with Crippen molar-refractivity contribution in [2.24, 2.45) is 0 Å². The molecular formula is C31H37N3O13S. The van der Waals surface area contributed by atoms with Gasteiger partial charge >= 0.3 is 12.1 Å². The number of methoxy groups -OCH3 is 4. The van der Waals surface area contributed by atoms with Crippen LogP contribution in [-0.2, 0) is 44.3 Å². The average molecular weight is 692 g/mol. The highest BCUT2D eigenvalue weighted by atomic mass is 32.2. The number of rotatable bonds is 17. The van der Waals surface area contributed by atoms with E-state index >= 15 is 0 Å². The smallest absolute Gasteiger partial charge is 0.411 e. The zero-order valence-corrected chi connectivity index (χ0v) is 27.7. The summed E-state index contributed by atoms with van der Waals surface area (Å²) in [4.78, 5) is 64.0. The summed E-state index contributed by atoms with van der Waals surface area (Å²) in [6.45, 7) is -0.225. The normalized spacial score (nSPS) is 12.9. The van der Waals surface area contributed by atoms with Gasteiger partial charge in [-0.2, -0.15) is 0 Å². The van der Waals surface area contributed by atoms with Crippen LogP contribution in [0.5, 0.6) is 23.0 Å². The first-order valence-electron chi connectivity index (χ1n) is 14.5. The van der Waals surface area contributed by atoms with Crippen molar-refractivity contribution in [3.63, 3.8) is 0 Å². The van der Waals surface area contributed by atoms with Crippen molar-refractivity contribution in [2.75, 3.05) is 46.9 Å². The maximum Gasteiger partial charge on any atom is 0.411 e. The van der Waals surface area contributed by atoms with Crippen molar-refractivity contribution < 1.29 is 60.9 Å². The van der Waals surface area contributed by atoms with Crippen LogP contribution in [0.15, 0.2) is 35.7 Å². The van der Waals surface area contributed by atoms with Gasteiger partial charge in [0.2, 0.25) is 5.91 Å². The van der Waals surface area contributed by atoms with Gasteiger partial charge in [0.1, 0.15) is 29.6 Å². The zero-order valence-electron chi connectivity index (χ0n) is 26.9. The van der Waals surface area contributed by atoms with E-state index in [4.69, 9.17) is 28.5 Å². The molecule has 16 nitrogen and oxygen atoms in total. The Labute approximate surface area is 277 Å². The highest BCUT2D eigenvalue weighted by Gasteiger charge is 2.32. The molecule has 1 saturated heterocycles. The second-order valence-electron chi connectivity index (χ2n) is 10.1. The third kappa shape index (κ3) is 10.9. The summed E-state index contributed by atoms with van der Waals surface area (Å²) in [5, 5.41) is 6.50. The second kappa shape index (κ2) is 17.6. The largest absolute Gasteiger partial charge is 0.496 e. The number of ether oxygens (including phenoxy) is 5. The molecule has 2 N–H and O–H groups in total. The standard InChI is InChI=1S/C31H37N3O13S/c1-42-21-17-25(44-3)22(26(18-21)45-4)12-15-48(40,41)19-20-8-9-24(43-2)23(16-20)33-31(39)46-14-13-32-27(35)6-5-7-30(38)47-34-28(36)10-11-29(34)37/h8-9,12,15-18H,5-7,10-11,13-14,19H2,1-4H3,(H,32,35)(H,33,39)/b15-12+. The third-order valence-corrected chi connectivity index (χ3v) is 7.99. The van der Waals surface area contributed by atoms with Crippen LogP contribution < -0.4 is 29.6 Å². The lowest BCUT2D eigenvalue weighted by Crippen LogP contribution is -2.32. The Hall–Kier alpha value is -5.32. The second-order valence-corrected chi connectivity index (χ2v) is 12.0. The van der Waals surface area contributed by atoms with Crippen LogP contribution in [0, 0.1) is 0 Å². The molecule has 0 atom stereocenters. The van der Waals surface area contributed by atoms with Crippen LogP contribution in [0.4, 0.5) is 10.5 Å².